The van der Waals surface area contributed by atoms with Crippen molar-refractivity contribution in [1.82, 2.24) is 4.72 Å². The highest BCUT2D eigenvalue weighted by Gasteiger charge is 2.28. The predicted octanol–water partition coefficient (Wildman–Crippen LogP) is 3.07. The van der Waals surface area contributed by atoms with E-state index in [9.17, 15) is 17.2 Å². The number of nitrogens with one attached hydrogen (secondary N) is 1. The minimum atomic E-state index is -3.68. The number of halogens is 2. The van der Waals surface area contributed by atoms with E-state index in [0.29, 0.717) is 18.4 Å². The van der Waals surface area contributed by atoms with Crippen LogP contribution in [0.25, 0.3) is 11.1 Å². The zero-order valence-corrected chi connectivity index (χ0v) is 14.3. The molecule has 3 rings (SSSR count). The van der Waals surface area contributed by atoms with Crippen LogP contribution < -0.4 is 4.72 Å². The molecule has 0 aromatic heterocycles. The van der Waals surface area contributed by atoms with Gasteiger partial charge < -0.3 is 5.11 Å². The van der Waals surface area contributed by atoms with Gasteiger partial charge in [0.2, 0.25) is 10.0 Å². The number of aliphatic hydroxyl groups excluding tert-OH is 1. The van der Waals surface area contributed by atoms with Crippen LogP contribution in [0, 0.1) is 17.6 Å². The maximum Gasteiger partial charge on any atom is 0.240 e. The lowest BCUT2D eigenvalue weighted by atomic mass is 10.1. The quantitative estimate of drug-likeness (QED) is 0.854. The van der Waals surface area contributed by atoms with Gasteiger partial charge in [-0.25, -0.2) is 21.9 Å². The number of benzene rings is 2. The highest BCUT2D eigenvalue weighted by molar-refractivity contribution is 7.89. The Morgan fingerprint density at radius 1 is 1.08 bits per heavy atom. The van der Waals surface area contributed by atoms with Crippen LogP contribution in [0.5, 0.6) is 0 Å². The van der Waals surface area contributed by atoms with Gasteiger partial charge in [-0.2, -0.15) is 0 Å². The van der Waals surface area contributed by atoms with Crippen molar-refractivity contribution in [3.05, 3.63) is 54.1 Å². The number of rotatable bonds is 5. The van der Waals surface area contributed by atoms with E-state index in [1.807, 2.05) is 0 Å². The first kappa shape index (κ1) is 18.0. The lowest BCUT2D eigenvalue weighted by Gasteiger charge is -2.13. The molecule has 0 unspecified atom stereocenters. The average molecular weight is 367 g/mol. The molecule has 0 aliphatic heterocycles. The summed E-state index contributed by atoms with van der Waals surface area (Å²) in [4.78, 5) is 0.0891. The predicted molar refractivity (Wildman–Crippen MR) is 90.3 cm³/mol. The maximum atomic E-state index is 13.8. The molecule has 2 atom stereocenters. The molecule has 0 saturated heterocycles. The fourth-order valence-corrected chi connectivity index (χ4v) is 4.46. The Kier molecular flexibility index (Phi) is 5.17. The van der Waals surface area contributed by atoms with E-state index >= 15 is 0 Å². The molecule has 0 amide bonds. The molecule has 0 radical (unpaired) electrons. The van der Waals surface area contributed by atoms with Gasteiger partial charge in [-0.1, -0.05) is 12.1 Å². The summed E-state index contributed by atoms with van der Waals surface area (Å²) < 4.78 is 54.3. The molecule has 1 aliphatic rings. The van der Waals surface area contributed by atoms with E-state index in [2.05, 4.69) is 4.72 Å². The Hall–Kier alpha value is -1.83. The van der Waals surface area contributed by atoms with Crippen molar-refractivity contribution in [3.63, 3.8) is 0 Å². The zero-order chi connectivity index (χ0) is 18.0. The lowest BCUT2D eigenvalue weighted by molar-refractivity contribution is 0.228. The van der Waals surface area contributed by atoms with Crippen molar-refractivity contribution in [1.29, 1.82) is 0 Å². The molecular formula is C18H19F2NO3S. The number of hydrogen-bond acceptors (Lipinski definition) is 3. The zero-order valence-electron chi connectivity index (χ0n) is 13.5. The third-order valence-electron chi connectivity index (χ3n) is 4.53. The maximum absolute atomic E-state index is 13.8. The van der Waals surface area contributed by atoms with E-state index < -0.39 is 21.7 Å². The summed E-state index contributed by atoms with van der Waals surface area (Å²) in [6.45, 7) is 0.0656. The first-order chi connectivity index (χ1) is 11.9. The van der Waals surface area contributed by atoms with Gasteiger partial charge in [-0.05, 0) is 55.0 Å². The summed E-state index contributed by atoms with van der Waals surface area (Å²) in [5.74, 6) is -1.23. The lowest BCUT2D eigenvalue weighted by Crippen LogP contribution is -2.33. The third kappa shape index (κ3) is 4.05. The molecular weight excluding hydrogens is 348 g/mol. The van der Waals surface area contributed by atoms with Crippen molar-refractivity contribution in [2.45, 2.75) is 30.2 Å². The summed E-state index contributed by atoms with van der Waals surface area (Å²) in [7, 11) is -3.68. The summed E-state index contributed by atoms with van der Waals surface area (Å²) in [6, 6.07) is 8.88. The molecule has 0 bridgehead atoms. The molecule has 2 N–H and O–H groups in total. The van der Waals surface area contributed by atoms with Crippen LogP contribution >= 0.6 is 0 Å². The van der Waals surface area contributed by atoms with Crippen LogP contribution in [0.1, 0.15) is 19.3 Å². The molecule has 2 aromatic carbocycles. The first-order valence-corrected chi connectivity index (χ1v) is 9.56. The van der Waals surface area contributed by atoms with Gasteiger partial charge in [0.15, 0.2) is 0 Å². The molecule has 25 heavy (non-hydrogen) atoms. The van der Waals surface area contributed by atoms with Gasteiger partial charge in [-0.15, -0.1) is 0 Å². The molecule has 0 spiro atoms. The van der Waals surface area contributed by atoms with Gasteiger partial charge in [-0.3, -0.25) is 0 Å². The van der Waals surface area contributed by atoms with Crippen LogP contribution in [-0.2, 0) is 10.0 Å². The normalized spacial score (nSPS) is 20.8. The second-order valence-corrected chi connectivity index (χ2v) is 8.04. The minimum Gasteiger partial charge on any atom is -0.396 e. The fraction of sp³-hybridized carbons (Fsp3) is 0.333. The number of hydrogen-bond donors (Lipinski definition) is 2. The minimum absolute atomic E-state index is 0.0656. The summed E-state index contributed by atoms with van der Waals surface area (Å²) in [5, 5.41) is 9.15. The first-order valence-electron chi connectivity index (χ1n) is 8.08. The van der Waals surface area contributed by atoms with Gasteiger partial charge in [0.1, 0.15) is 11.6 Å². The van der Waals surface area contributed by atoms with Gasteiger partial charge in [0.05, 0.1) is 4.90 Å². The monoisotopic (exact) mass is 367 g/mol. The second-order valence-electron chi connectivity index (χ2n) is 6.33. The molecule has 2 aromatic rings. The SMILES string of the molecule is O=S(=O)(N[C@H]1CC[C@H](CO)C1)c1ccc(-c2ccc(F)cc2F)cc1. The topological polar surface area (TPSA) is 66.4 Å². The second kappa shape index (κ2) is 7.19. The van der Waals surface area contributed by atoms with Crippen molar-refractivity contribution in [2.75, 3.05) is 6.61 Å². The highest BCUT2D eigenvalue weighted by Crippen LogP contribution is 2.28. The fourth-order valence-electron chi connectivity index (χ4n) is 3.17. The summed E-state index contributed by atoms with van der Waals surface area (Å²) in [6.07, 6.45) is 2.12. The molecule has 0 heterocycles. The van der Waals surface area contributed by atoms with Gasteiger partial charge in [0, 0.05) is 24.3 Å². The van der Waals surface area contributed by atoms with E-state index in [1.54, 1.807) is 0 Å². The molecule has 1 fully saturated rings. The van der Waals surface area contributed by atoms with Crippen molar-refractivity contribution in [3.8, 4) is 11.1 Å². The molecule has 1 saturated carbocycles. The van der Waals surface area contributed by atoms with E-state index in [4.69, 9.17) is 5.11 Å². The van der Waals surface area contributed by atoms with Crippen molar-refractivity contribution >= 4 is 10.0 Å². The Balaban J connectivity index is 1.77. The van der Waals surface area contributed by atoms with E-state index in [-0.39, 0.29) is 29.0 Å². The largest absolute Gasteiger partial charge is 0.396 e. The van der Waals surface area contributed by atoms with Crippen LogP contribution in [0.4, 0.5) is 8.78 Å². The third-order valence-corrected chi connectivity index (χ3v) is 6.06. The molecule has 7 heteroatoms. The summed E-state index contributed by atoms with van der Waals surface area (Å²) in [5.41, 5.74) is 0.678. The van der Waals surface area contributed by atoms with E-state index in [1.165, 1.54) is 30.3 Å². The standard InChI is InChI=1S/C18H19F2NO3S/c19-14-4-8-17(18(20)10-14)13-2-6-16(7-3-13)25(23,24)21-15-5-1-12(9-15)11-22/h2-4,6-8,10,12,15,21-22H,1,5,9,11H2/t12-,15-/m0/s1. The molecule has 1 aliphatic carbocycles. The Morgan fingerprint density at radius 3 is 2.40 bits per heavy atom. The summed E-state index contributed by atoms with van der Waals surface area (Å²) >= 11 is 0. The van der Waals surface area contributed by atoms with Crippen LogP contribution in [-0.4, -0.2) is 26.2 Å². The Labute approximate surface area is 145 Å². The van der Waals surface area contributed by atoms with Crippen molar-refractivity contribution in [2.24, 2.45) is 5.92 Å². The Bertz CT molecular complexity index is 853. The molecule has 4 nitrogen and oxygen atoms in total. The van der Waals surface area contributed by atoms with Crippen LogP contribution in [0.15, 0.2) is 47.4 Å². The van der Waals surface area contributed by atoms with Crippen molar-refractivity contribution < 1.29 is 22.3 Å². The molecule has 134 valence electrons. The van der Waals surface area contributed by atoms with Gasteiger partial charge in [0.25, 0.3) is 0 Å². The Morgan fingerprint density at radius 2 is 1.80 bits per heavy atom. The van der Waals surface area contributed by atoms with Crippen LogP contribution in [0.2, 0.25) is 0 Å². The average Bonchev–Trinajstić information content (AvgIpc) is 3.02. The highest BCUT2D eigenvalue weighted by atomic mass is 32.2. The number of aliphatic hydroxyl groups is 1. The smallest absolute Gasteiger partial charge is 0.240 e. The van der Waals surface area contributed by atoms with Crippen LogP contribution in [0.3, 0.4) is 0 Å². The van der Waals surface area contributed by atoms with Gasteiger partial charge >= 0.3 is 0 Å². The van der Waals surface area contributed by atoms with E-state index in [0.717, 1.165) is 18.6 Å². The number of sulfonamides is 1.